The van der Waals surface area contributed by atoms with Gasteiger partial charge in [-0.25, -0.2) is 14.2 Å². The number of amides is 2. The zero-order valence-electron chi connectivity index (χ0n) is 19.7. The largest absolute Gasteiger partial charge is 0.423 e. The maximum Gasteiger partial charge on any atom is 0.417 e. The average molecular weight is 505 g/mol. The van der Waals surface area contributed by atoms with Crippen LogP contribution >= 0.6 is 0 Å². The molecule has 6 rings (SSSR count). The normalized spacial score (nSPS) is 28.5. The summed E-state index contributed by atoms with van der Waals surface area (Å²) in [5.41, 5.74) is -2.85. The molecule has 1 aliphatic heterocycles. The third kappa shape index (κ3) is 3.17. The molecule has 3 fully saturated rings. The summed E-state index contributed by atoms with van der Waals surface area (Å²) in [6, 6.07) is 0.613. The monoisotopic (exact) mass is 505 g/mol. The number of hydrogen-bond acceptors (Lipinski definition) is 6. The van der Waals surface area contributed by atoms with Gasteiger partial charge in [0.25, 0.3) is 0 Å². The standard InChI is InChI=1S/C23H23F4N7O2/c1-4-16-30-31-20(36-16)22-8-10(2)5-12-17(22)18(12)34(22)21(35)29-15-6-11(19-28-9-33(3)32-19)13(7-14(15)24)23(25,26)27/h6-7,9-10,12,17-18H,4-5,8H2,1-3H3,(H,29,35). The van der Waals surface area contributed by atoms with E-state index in [0.717, 1.165) is 12.5 Å². The number of likely N-dealkylation sites (tertiary alicyclic amines) is 1. The van der Waals surface area contributed by atoms with Crippen molar-refractivity contribution in [1.82, 2.24) is 29.9 Å². The van der Waals surface area contributed by atoms with Crippen LogP contribution in [0, 0.1) is 23.6 Å². The first-order valence-corrected chi connectivity index (χ1v) is 11.7. The van der Waals surface area contributed by atoms with Crippen molar-refractivity contribution >= 4 is 11.7 Å². The number of benzene rings is 1. The first-order chi connectivity index (χ1) is 17.0. The second kappa shape index (κ2) is 7.50. The van der Waals surface area contributed by atoms with E-state index >= 15 is 0 Å². The van der Waals surface area contributed by atoms with Gasteiger partial charge in [-0.15, -0.1) is 10.2 Å². The summed E-state index contributed by atoms with van der Waals surface area (Å²) in [5.74, 6) is 0.120. The lowest BCUT2D eigenvalue weighted by atomic mass is 9.72. The Morgan fingerprint density at radius 2 is 2.08 bits per heavy atom. The molecule has 190 valence electrons. The Labute approximate surface area is 202 Å². The molecule has 2 aliphatic carbocycles. The number of urea groups is 1. The Hall–Kier alpha value is -3.51. The van der Waals surface area contributed by atoms with Gasteiger partial charge >= 0.3 is 12.2 Å². The summed E-state index contributed by atoms with van der Waals surface area (Å²) in [4.78, 5) is 19.0. The maximum absolute atomic E-state index is 14.9. The number of fused-ring (bicyclic) bond motifs is 1. The van der Waals surface area contributed by atoms with Crippen molar-refractivity contribution in [3.05, 3.63) is 41.6 Å². The lowest BCUT2D eigenvalue weighted by Gasteiger charge is -2.50. The number of alkyl halides is 3. The van der Waals surface area contributed by atoms with E-state index in [4.69, 9.17) is 4.42 Å². The second-order valence-corrected chi connectivity index (χ2v) is 9.92. The number of aromatic nitrogens is 5. The van der Waals surface area contributed by atoms with Crippen molar-refractivity contribution in [2.45, 2.75) is 50.9 Å². The highest BCUT2D eigenvalue weighted by Gasteiger charge is 2.82. The molecule has 13 heteroatoms. The number of nitrogens with zero attached hydrogens (tertiary/aromatic N) is 6. The van der Waals surface area contributed by atoms with Crippen LogP contribution in [0.15, 0.2) is 22.9 Å². The highest BCUT2D eigenvalue weighted by atomic mass is 19.4. The molecule has 0 spiro atoms. The molecule has 0 bridgehead atoms. The van der Waals surface area contributed by atoms with E-state index in [9.17, 15) is 22.4 Å². The number of halogens is 4. The molecule has 1 saturated heterocycles. The fourth-order valence-corrected chi connectivity index (χ4v) is 6.24. The van der Waals surface area contributed by atoms with Crippen molar-refractivity contribution in [3.8, 4) is 11.4 Å². The van der Waals surface area contributed by atoms with Gasteiger partial charge in [-0.3, -0.25) is 4.68 Å². The number of anilines is 1. The van der Waals surface area contributed by atoms with Crippen LogP contribution in [-0.2, 0) is 25.2 Å². The quantitative estimate of drug-likeness (QED) is 0.529. The van der Waals surface area contributed by atoms with E-state index in [2.05, 4.69) is 32.5 Å². The van der Waals surface area contributed by atoms with E-state index in [0.29, 0.717) is 36.6 Å². The molecule has 36 heavy (non-hydrogen) atoms. The number of carbonyl (C=O) groups is 1. The lowest BCUT2D eigenvalue weighted by Crippen LogP contribution is -2.63. The smallest absolute Gasteiger partial charge is 0.417 e. The zero-order valence-corrected chi connectivity index (χ0v) is 19.7. The zero-order chi connectivity index (χ0) is 25.6. The Bertz CT molecular complexity index is 1370. The molecule has 0 radical (unpaired) electrons. The van der Waals surface area contributed by atoms with Crippen molar-refractivity contribution in [2.24, 2.45) is 24.8 Å². The van der Waals surface area contributed by atoms with Gasteiger partial charge in [-0.05, 0) is 36.8 Å². The van der Waals surface area contributed by atoms with Gasteiger partial charge in [0.1, 0.15) is 17.7 Å². The lowest BCUT2D eigenvalue weighted by molar-refractivity contribution is -0.137. The van der Waals surface area contributed by atoms with Crippen molar-refractivity contribution in [3.63, 3.8) is 0 Å². The summed E-state index contributed by atoms with van der Waals surface area (Å²) < 4.78 is 63.0. The fraction of sp³-hybridized carbons (Fsp3) is 0.522. The molecule has 1 aromatic carbocycles. The third-order valence-electron chi connectivity index (χ3n) is 7.59. The van der Waals surface area contributed by atoms with Crippen LogP contribution in [0.25, 0.3) is 11.4 Å². The van der Waals surface area contributed by atoms with Gasteiger partial charge < -0.3 is 14.6 Å². The van der Waals surface area contributed by atoms with E-state index in [1.54, 1.807) is 4.90 Å². The molecular formula is C23H23F4N7O2. The molecule has 3 heterocycles. The maximum atomic E-state index is 14.9. The molecule has 2 amide bonds. The van der Waals surface area contributed by atoms with Crippen LogP contribution in [0.1, 0.15) is 44.0 Å². The second-order valence-electron chi connectivity index (χ2n) is 9.92. The molecule has 1 N–H and O–H groups in total. The van der Waals surface area contributed by atoms with Gasteiger partial charge in [0, 0.05) is 31.0 Å². The minimum absolute atomic E-state index is 0.0543. The summed E-state index contributed by atoms with van der Waals surface area (Å²) in [5, 5.41) is 14.7. The summed E-state index contributed by atoms with van der Waals surface area (Å²) in [6.07, 6.45) is -1.50. The van der Waals surface area contributed by atoms with Gasteiger partial charge in [0.2, 0.25) is 11.8 Å². The molecule has 2 aromatic heterocycles. The third-order valence-corrected chi connectivity index (χ3v) is 7.59. The van der Waals surface area contributed by atoms with Gasteiger partial charge in [-0.1, -0.05) is 13.8 Å². The van der Waals surface area contributed by atoms with Crippen molar-refractivity contribution in [2.75, 3.05) is 5.32 Å². The van der Waals surface area contributed by atoms with Crippen molar-refractivity contribution in [1.29, 1.82) is 0 Å². The van der Waals surface area contributed by atoms with Crippen molar-refractivity contribution < 1.29 is 26.8 Å². The van der Waals surface area contributed by atoms with E-state index in [-0.39, 0.29) is 23.7 Å². The number of nitrogens with one attached hydrogen (secondary N) is 1. The minimum Gasteiger partial charge on any atom is -0.423 e. The highest BCUT2D eigenvalue weighted by molar-refractivity contribution is 5.93. The highest BCUT2D eigenvalue weighted by Crippen LogP contribution is 2.74. The van der Waals surface area contributed by atoms with Gasteiger partial charge in [0.15, 0.2) is 5.82 Å². The number of carbonyl (C=O) groups excluding carboxylic acids is 1. The molecule has 3 aromatic rings. The summed E-state index contributed by atoms with van der Waals surface area (Å²) in [7, 11) is 1.51. The first kappa shape index (κ1) is 22.9. The topological polar surface area (TPSA) is 102 Å². The van der Waals surface area contributed by atoms with Crippen LogP contribution in [0.5, 0.6) is 0 Å². The SMILES string of the molecule is CCc1nnc(C23CC(C)CC4C(C42)N3C(=O)Nc2cc(-c3ncn(C)n3)c(C(F)(F)F)cc2F)o1. The Kier molecular flexibility index (Phi) is 4.77. The van der Waals surface area contributed by atoms with E-state index in [1.807, 2.05) is 6.92 Å². The number of aryl methyl sites for hydroxylation is 2. The Balaban J connectivity index is 1.36. The fourth-order valence-electron chi connectivity index (χ4n) is 6.24. The molecule has 5 unspecified atom stereocenters. The first-order valence-electron chi connectivity index (χ1n) is 11.7. The molecule has 2 saturated carbocycles. The predicted molar refractivity (Wildman–Crippen MR) is 117 cm³/mol. The van der Waals surface area contributed by atoms with Crippen LogP contribution in [-0.4, -0.2) is 41.9 Å². The summed E-state index contributed by atoms with van der Waals surface area (Å²) >= 11 is 0. The molecule has 9 nitrogen and oxygen atoms in total. The van der Waals surface area contributed by atoms with Crippen LogP contribution in [0.2, 0.25) is 0 Å². The molecule has 3 aliphatic rings. The average Bonchev–Trinajstić information content (AvgIpc) is 3.11. The van der Waals surface area contributed by atoms with Gasteiger partial charge in [0.05, 0.1) is 11.3 Å². The van der Waals surface area contributed by atoms with Crippen LogP contribution < -0.4 is 5.32 Å². The molecular weight excluding hydrogens is 482 g/mol. The molecule has 5 atom stereocenters. The van der Waals surface area contributed by atoms with Crippen LogP contribution in [0.4, 0.5) is 28.0 Å². The predicted octanol–water partition coefficient (Wildman–Crippen LogP) is 4.37. The number of rotatable bonds is 4. The Morgan fingerprint density at radius 3 is 2.72 bits per heavy atom. The van der Waals surface area contributed by atoms with Gasteiger partial charge in [-0.2, -0.15) is 18.3 Å². The number of hydrogen-bond donors (Lipinski definition) is 1. The minimum atomic E-state index is -4.84. The summed E-state index contributed by atoms with van der Waals surface area (Å²) in [6.45, 7) is 3.98. The Morgan fingerprint density at radius 1 is 1.31 bits per heavy atom. The van der Waals surface area contributed by atoms with Crippen LogP contribution in [0.3, 0.4) is 0 Å². The van der Waals surface area contributed by atoms with E-state index < -0.39 is 40.4 Å². The van der Waals surface area contributed by atoms with E-state index in [1.165, 1.54) is 18.1 Å².